The lowest BCUT2D eigenvalue weighted by Gasteiger charge is -2.15. The zero-order valence-corrected chi connectivity index (χ0v) is 15.5. The van der Waals surface area contributed by atoms with Crippen LogP contribution < -0.4 is 9.47 Å². The molecule has 0 aromatic heterocycles. The molecule has 1 N–H and O–H groups in total. The molecule has 4 rings (SSSR count). The van der Waals surface area contributed by atoms with Gasteiger partial charge in [-0.1, -0.05) is 11.6 Å². The van der Waals surface area contributed by atoms with Gasteiger partial charge >= 0.3 is 0 Å². The van der Waals surface area contributed by atoms with E-state index >= 15 is 0 Å². The number of phenolic OH excluding ortho intramolecular Hbond substituents is 1. The molecule has 0 radical (unpaired) electrons. The maximum Gasteiger partial charge on any atom is 0.231 e. The van der Waals surface area contributed by atoms with Crippen molar-refractivity contribution >= 4 is 23.5 Å². The van der Waals surface area contributed by atoms with Crippen LogP contribution in [0.2, 0.25) is 5.02 Å². The van der Waals surface area contributed by atoms with Crippen molar-refractivity contribution in [3.8, 4) is 17.2 Å². The van der Waals surface area contributed by atoms with Crippen molar-refractivity contribution in [2.75, 3.05) is 26.2 Å². The number of benzene rings is 2. The van der Waals surface area contributed by atoms with Crippen LogP contribution in [0.25, 0.3) is 6.08 Å². The molecule has 0 aliphatic carbocycles. The lowest BCUT2D eigenvalue weighted by Crippen LogP contribution is -2.25. The number of allylic oxidation sites excluding steroid dienone is 1. The number of carbonyl (C=O) groups excluding carboxylic acids is 1. The SMILES string of the molecule is O=C1/C(=C/c2ccc(OCCN3CCCC3)cc2Cl)Oc2cc(O)ccc21. The highest BCUT2D eigenvalue weighted by atomic mass is 35.5. The molecular formula is C21H20ClNO4. The fraction of sp³-hybridized carbons (Fsp3) is 0.286. The molecule has 0 unspecified atom stereocenters. The van der Waals surface area contributed by atoms with E-state index in [1.54, 1.807) is 24.3 Å². The van der Waals surface area contributed by atoms with Crippen molar-refractivity contribution in [3.63, 3.8) is 0 Å². The van der Waals surface area contributed by atoms with Crippen molar-refractivity contribution in [3.05, 3.63) is 58.3 Å². The number of ether oxygens (including phenoxy) is 2. The van der Waals surface area contributed by atoms with E-state index in [0.29, 0.717) is 34.3 Å². The molecule has 2 aromatic carbocycles. The Labute approximate surface area is 162 Å². The summed E-state index contributed by atoms with van der Waals surface area (Å²) in [7, 11) is 0. The quantitative estimate of drug-likeness (QED) is 0.784. The van der Waals surface area contributed by atoms with E-state index in [1.165, 1.54) is 25.0 Å². The second-order valence-electron chi connectivity index (χ2n) is 6.70. The number of hydrogen-bond donors (Lipinski definition) is 1. The van der Waals surface area contributed by atoms with Crippen LogP contribution in [0.4, 0.5) is 0 Å². The van der Waals surface area contributed by atoms with Gasteiger partial charge in [0.15, 0.2) is 5.76 Å². The fourth-order valence-corrected chi connectivity index (χ4v) is 3.56. The smallest absolute Gasteiger partial charge is 0.231 e. The lowest BCUT2D eigenvalue weighted by atomic mass is 10.1. The number of nitrogens with zero attached hydrogens (tertiary/aromatic N) is 1. The number of fused-ring (bicyclic) bond motifs is 1. The zero-order valence-electron chi connectivity index (χ0n) is 14.8. The van der Waals surface area contributed by atoms with E-state index in [9.17, 15) is 9.90 Å². The summed E-state index contributed by atoms with van der Waals surface area (Å²) in [4.78, 5) is 14.8. The summed E-state index contributed by atoms with van der Waals surface area (Å²) in [5, 5.41) is 10.0. The number of Topliss-reactive ketones (excluding diaryl/α,β-unsaturated/α-hetero) is 1. The van der Waals surface area contributed by atoms with Crippen molar-refractivity contribution < 1.29 is 19.4 Å². The molecule has 5 nitrogen and oxygen atoms in total. The van der Waals surface area contributed by atoms with Gasteiger partial charge in [-0.25, -0.2) is 0 Å². The molecule has 1 fully saturated rings. The van der Waals surface area contributed by atoms with Crippen molar-refractivity contribution in [1.29, 1.82) is 0 Å². The Bertz CT molecular complexity index is 903. The summed E-state index contributed by atoms with van der Waals surface area (Å²) < 4.78 is 11.4. The number of aromatic hydroxyl groups is 1. The van der Waals surface area contributed by atoms with E-state index in [-0.39, 0.29) is 17.3 Å². The average Bonchev–Trinajstić information content (AvgIpc) is 3.26. The van der Waals surface area contributed by atoms with Crippen LogP contribution in [0.3, 0.4) is 0 Å². The molecule has 0 bridgehead atoms. The Kier molecular flexibility index (Phi) is 5.05. The molecule has 2 aliphatic heterocycles. The number of likely N-dealkylation sites (tertiary alicyclic amines) is 1. The highest BCUT2D eigenvalue weighted by molar-refractivity contribution is 6.32. The van der Waals surface area contributed by atoms with Crippen LogP contribution in [0.1, 0.15) is 28.8 Å². The third kappa shape index (κ3) is 3.94. The summed E-state index contributed by atoms with van der Waals surface area (Å²) in [6.07, 6.45) is 4.13. The van der Waals surface area contributed by atoms with Gasteiger partial charge in [-0.3, -0.25) is 9.69 Å². The van der Waals surface area contributed by atoms with Crippen LogP contribution in [-0.4, -0.2) is 42.0 Å². The Morgan fingerprint density at radius 2 is 2.00 bits per heavy atom. The van der Waals surface area contributed by atoms with Gasteiger partial charge in [0.25, 0.3) is 0 Å². The predicted octanol–water partition coefficient (Wildman–Crippen LogP) is 4.14. The van der Waals surface area contributed by atoms with Crippen LogP contribution in [0, 0.1) is 0 Å². The Balaban J connectivity index is 1.43. The summed E-state index contributed by atoms with van der Waals surface area (Å²) in [5.74, 6) is 1.06. The Hall–Kier alpha value is -2.50. The summed E-state index contributed by atoms with van der Waals surface area (Å²) in [5.41, 5.74) is 1.10. The number of hydrogen-bond acceptors (Lipinski definition) is 5. The van der Waals surface area contributed by atoms with Gasteiger partial charge in [-0.05, 0) is 67.9 Å². The molecular weight excluding hydrogens is 366 g/mol. The first-order chi connectivity index (χ1) is 13.1. The molecule has 0 amide bonds. The minimum Gasteiger partial charge on any atom is -0.508 e. The second-order valence-corrected chi connectivity index (χ2v) is 7.11. The van der Waals surface area contributed by atoms with E-state index in [1.807, 2.05) is 6.07 Å². The Morgan fingerprint density at radius 3 is 2.78 bits per heavy atom. The molecule has 1 saturated heterocycles. The molecule has 0 spiro atoms. The summed E-state index contributed by atoms with van der Waals surface area (Å²) in [6.45, 7) is 3.82. The second kappa shape index (κ2) is 7.62. The highest BCUT2D eigenvalue weighted by Crippen LogP contribution is 2.35. The molecule has 2 aromatic rings. The molecule has 6 heteroatoms. The standard InChI is InChI=1S/C21H20ClNO4/c22-18-13-16(26-10-9-23-7-1-2-8-23)5-3-14(18)11-20-21(25)17-6-4-15(24)12-19(17)27-20/h3-6,11-13,24H,1-2,7-10H2/b20-11-. The largest absolute Gasteiger partial charge is 0.508 e. The van der Waals surface area contributed by atoms with Gasteiger partial charge in [-0.15, -0.1) is 0 Å². The van der Waals surface area contributed by atoms with Crippen molar-refractivity contribution in [2.24, 2.45) is 0 Å². The predicted molar refractivity (Wildman–Crippen MR) is 104 cm³/mol. The first kappa shape index (κ1) is 17.9. The number of halogens is 1. The number of phenols is 1. The maximum atomic E-state index is 12.4. The lowest BCUT2D eigenvalue weighted by molar-refractivity contribution is 0.101. The number of ketones is 1. The average molecular weight is 386 g/mol. The van der Waals surface area contributed by atoms with Crippen molar-refractivity contribution in [2.45, 2.75) is 12.8 Å². The van der Waals surface area contributed by atoms with Crippen LogP contribution in [0.5, 0.6) is 17.2 Å². The van der Waals surface area contributed by atoms with E-state index in [4.69, 9.17) is 21.1 Å². The monoisotopic (exact) mass is 385 g/mol. The van der Waals surface area contributed by atoms with Gasteiger partial charge in [0.05, 0.1) is 10.6 Å². The topological polar surface area (TPSA) is 59.0 Å². The first-order valence-corrected chi connectivity index (χ1v) is 9.40. The summed E-state index contributed by atoms with van der Waals surface area (Å²) >= 11 is 6.36. The zero-order chi connectivity index (χ0) is 18.8. The normalized spacial score (nSPS) is 18.0. The molecule has 2 heterocycles. The van der Waals surface area contributed by atoms with Crippen molar-refractivity contribution in [1.82, 2.24) is 4.90 Å². The maximum absolute atomic E-state index is 12.4. The van der Waals surface area contributed by atoms with E-state index in [0.717, 1.165) is 19.6 Å². The number of carbonyl (C=O) groups is 1. The third-order valence-corrected chi connectivity index (χ3v) is 5.11. The molecule has 140 valence electrons. The van der Waals surface area contributed by atoms with E-state index < -0.39 is 0 Å². The van der Waals surface area contributed by atoms with E-state index in [2.05, 4.69) is 4.90 Å². The van der Waals surface area contributed by atoms with Gasteiger partial charge in [0.1, 0.15) is 23.9 Å². The van der Waals surface area contributed by atoms with Gasteiger partial charge in [-0.2, -0.15) is 0 Å². The molecule has 0 saturated carbocycles. The summed E-state index contributed by atoms with van der Waals surface area (Å²) in [6, 6.07) is 9.82. The molecule has 0 atom stereocenters. The molecule has 2 aliphatic rings. The van der Waals surface area contributed by atoms with Crippen LogP contribution in [0.15, 0.2) is 42.2 Å². The minimum absolute atomic E-state index is 0.0521. The first-order valence-electron chi connectivity index (χ1n) is 9.02. The fourth-order valence-electron chi connectivity index (χ4n) is 3.33. The van der Waals surface area contributed by atoms with Gasteiger partial charge in [0, 0.05) is 12.6 Å². The number of rotatable bonds is 5. The third-order valence-electron chi connectivity index (χ3n) is 4.79. The van der Waals surface area contributed by atoms with Crippen LogP contribution in [-0.2, 0) is 0 Å². The Morgan fingerprint density at radius 1 is 1.19 bits per heavy atom. The molecule has 27 heavy (non-hydrogen) atoms. The van der Waals surface area contributed by atoms with Gasteiger partial charge < -0.3 is 14.6 Å². The van der Waals surface area contributed by atoms with Gasteiger partial charge in [0.2, 0.25) is 5.78 Å². The highest BCUT2D eigenvalue weighted by Gasteiger charge is 2.27. The minimum atomic E-state index is -0.230. The van der Waals surface area contributed by atoms with Crippen LogP contribution >= 0.6 is 11.6 Å².